The predicted molar refractivity (Wildman–Crippen MR) is 77.2 cm³/mol. The third-order valence-electron chi connectivity index (χ3n) is 3.44. The minimum absolute atomic E-state index is 0.148. The monoisotopic (exact) mass is 284 g/mol. The van der Waals surface area contributed by atoms with E-state index in [-0.39, 0.29) is 12.2 Å². The Labute approximate surface area is 121 Å². The quantitative estimate of drug-likeness (QED) is 0.811. The van der Waals surface area contributed by atoms with Crippen LogP contribution in [0.3, 0.4) is 0 Å². The van der Waals surface area contributed by atoms with Crippen molar-refractivity contribution in [2.24, 2.45) is 0 Å². The molecule has 21 heavy (non-hydrogen) atoms. The third-order valence-corrected chi connectivity index (χ3v) is 3.44. The highest BCUT2D eigenvalue weighted by molar-refractivity contribution is 6.27. The Balaban J connectivity index is 2.13. The van der Waals surface area contributed by atoms with E-state index in [1.807, 2.05) is 12.1 Å². The summed E-state index contributed by atoms with van der Waals surface area (Å²) in [5.41, 5.74) is 2.07. The van der Waals surface area contributed by atoms with E-state index in [1.54, 1.807) is 37.4 Å². The fraction of sp³-hybridized carbons (Fsp3) is 0.118. The molecular formula is C17H13FO3. The number of benzene rings is 2. The topological polar surface area (TPSA) is 35.5 Å². The molecule has 0 aromatic heterocycles. The van der Waals surface area contributed by atoms with Crippen molar-refractivity contribution >= 4 is 17.1 Å². The van der Waals surface area contributed by atoms with Gasteiger partial charge >= 0.3 is 5.97 Å². The maximum atomic E-state index is 14.0. The van der Waals surface area contributed by atoms with Crippen molar-refractivity contribution in [1.82, 2.24) is 0 Å². The van der Waals surface area contributed by atoms with E-state index in [4.69, 9.17) is 9.47 Å². The molecule has 0 aliphatic carbocycles. The van der Waals surface area contributed by atoms with Gasteiger partial charge in [-0.25, -0.2) is 9.18 Å². The number of halogens is 1. The van der Waals surface area contributed by atoms with Gasteiger partial charge in [0.1, 0.15) is 18.2 Å². The molecular weight excluding hydrogens is 271 g/mol. The van der Waals surface area contributed by atoms with E-state index in [0.717, 1.165) is 11.3 Å². The summed E-state index contributed by atoms with van der Waals surface area (Å²) in [6.07, 6.45) is 0. The van der Waals surface area contributed by atoms with E-state index in [9.17, 15) is 9.18 Å². The van der Waals surface area contributed by atoms with Crippen molar-refractivity contribution in [3.63, 3.8) is 0 Å². The smallest absolute Gasteiger partial charge is 0.339 e. The molecule has 3 rings (SSSR count). The summed E-state index contributed by atoms with van der Waals surface area (Å²) >= 11 is 0. The minimum atomic E-state index is -0.495. The minimum Gasteiger partial charge on any atom is -0.497 e. The van der Waals surface area contributed by atoms with Crippen LogP contribution in [-0.4, -0.2) is 19.7 Å². The van der Waals surface area contributed by atoms with Crippen LogP contribution in [0.1, 0.15) is 11.1 Å². The lowest BCUT2D eigenvalue weighted by molar-refractivity contribution is -0.133. The van der Waals surface area contributed by atoms with Gasteiger partial charge in [-0.1, -0.05) is 30.3 Å². The van der Waals surface area contributed by atoms with Gasteiger partial charge in [0.2, 0.25) is 0 Å². The Kier molecular flexibility index (Phi) is 3.44. The second-order valence-electron chi connectivity index (χ2n) is 4.64. The molecule has 3 nitrogen and oxygen atoms in total. The highest BCUT2D eigenvalue weighted by atomic mass is 19.1. The van der Waals surface area contributed by atoms with Crippen molar-refractivity contribution in [3.05, 3.63) is 65.5 Å². The van der Waals surface area contributed by atoms with Gasteiger partial charge < -0.3 is 9.47 Å². The number of carbonyl (C=O) groups excluding carboxylic acids is 1. The highest BCUT2D eigenvalue weighted by Gasteiger charge is 2.28. The number of rotatable bonds is 3. The van der Waals surface area contributed by atoms with Crippen LogP contribution in [0.4, 0.5) is 4.39 Å². The van der Waals surface area contributed by atoms with Crippen molar-refractivity contribution < 1.29 is 18.7 Å². The SMILES string of the molecule is COc1ccc(C2=C(c3ccccc3F)C(=O)OC2)cc1. The molecule has 0 bridgehead atoms. The van der Waals surface area contributed by atoms with Gasteiger partial charge in [-0.2, -0.15) is 0 Å². The maximum absolute atomic E-state index is 14.0. The standard InChI is InChI=1S/C17H13FO3/c1-20-12-8-6-11(7-9-12)14-10-21-17(19)16(14)13-4-2-3-5-15(13)18/h2-9H,10H2,1H3. The molecule has 1 aliphatic rings. The van der Waals surface area contributed by atoms with Crippen LogP contribution in [0, 0.1) is 5.82 Å². The van der Waals surface area contributed by atoms with E-state index < -0.39 is 11.8 Å². The second-order valence-corrected chi connectivity index (χ2v) is 4.64. The summed E-state index contributed by atoms with van der Waals surface area (Å²) in [5, 5.41) is 0. The first-order valence-corrected chi connectivity index (χ1v) is 6.50. The molecule has 106 valence electrons. The lowest BCUT2D eigenvalue weighted by atomic mass is 9.96. The average Bonchev–Trinajstić information content (AvgIpc) is 2.89. The number of hydrogen-bond acceptors (Lipinski definition) is 3. The van der Waals surface area contributed by atoms with Crippen molar-refractivity contribution in [1.29, 1.82) is 0 Å². The zero-order valence-corrected chi connectivity index (χ0v) is 11.4. The molecule has 0 amide bonds. The van der Waals surface area contributed by atoms with Gasteiger partial charge in [-0.15, -0.1) is 0 Å². The summed E-state index contributed by atoms with van der Waals surface area (Å²) in [7, 11) is 1.58. The molecule has 0 saturated carbocycles. The molecule has 1 aliphatic heterocycles. The first kappa shape index (κ1) is 13.4. The molecule has 4 heteroatoms. The van der Waals surface area contributed by atoms with E-state index in [0.29, 0.717) is 11.1 Å². The lowest BCUT2D eigenvalue weighted by Crippen LogP contribution is -2.00. The largest absolute Gasteiger partial charge is 0.497 e. The highest BCUT2D eigenvalue weighted by Crippen LogP contribution is 2.34. The van der Waals surface area contributed by atoms with Crippen LogP contribution in [-0.2, 0) is 9.53 Å². The molecule has 0 unspecified atom stereocenters. The molecule has 0 radical (unpaired) electrons. The Morgan fingerprint density at radius 2 is 1.81 bits per heavy atom. The van der Waals surface area contributed by atoms with Crippen LogP contribution < -0.4 is 4.74 Å². The van der Waals surface area contributed by atoms with Crippen LogP contribution in [0.15, 0.2) is 48.5 Å². The number of carbonyl (C=O) groups is 1. The maximum Gasteiger partial charge on any atom is 0.339 e. The van der Waals surface area contributed by atoms with Crippen LogP contribution in [0.25, 0.3) is 11.1 Å². The van der Waals surface area contributed by atoms with Crippen molar-refractivity contribution in [2.75, 3.05) is 13.7 Å². The van der Waals surface area contributed by atoms with Crippen LogP contribution in [0.5, 0.6) is 5.75 Å². The first-order chi connectivity index (χ1) is 10.2. The molecule has 2 aromatic rings. The second kappa shape index (κ2) is 5.40. The molecule has 1 heterocycles. The van der Waals surface area contributed by atoms with Gasteiger partial charge in [0.15, 0.2) is 0 Å². The molecule has 2 aromatic carbocycles. The lowest BCUT2D eigenvalue weighted by Gasteiger charge is -2.06. The van der Waals surface area contributed by atoms with Gasteiger partial charge in [0.25, 0.3) is 0 Å². The number of methoxy groups -OCH3 is 1. The van der Waals surface area contributed by atoms with Gasteiger partial charge in [-0.3, -0.25) is 0 Å². The van der Waals surface area contributed by atoms with Crippen LogP contribution >= 0.6 is 0 Å². The summed E-state index contributed by atoms with van der Waals surface area (Å²) < 4.78 is 24.2. The molecule has 0 atom stereocenters. The molecule has 0 fully saturated rings. The Morgan fingerprint density at radius 3 is 2.48 bits per heavy atom. The molecule has 0 saturated heterocycles. The van der Waals surface area contributed by atoms with Gasteiger partial charge in [-0.05, 0) is 23.8 Å². The Hall–Kier alpha value is -2.62. The summed E-state index contributed by atoms with van der Waals surface area (Å²) in [5.74, 6) is -0.208. The fourth-order valence-corrected chi connectivity index (χ4v) is 2.36. The van der Waals surface area contributed by atoms with Crippen LogP contribution in [0.2, 0.25) is 0 Å². The summed E-state index contributed by atoms with van der Waals surface area (Å²) in [6.45, 7) is 0.148. The number of cyclic esters (lactones) is 1. The van der Waals surface area contributed by atoms with E-state index in [2.05, 4.69) is 0 Å². The van der Waals surface area contributed by atoms with Gasteiger partial charge in [0.05, 0.1) is 12.7 Å². The predicted octanol–water partition coefficient (Wildman–Crippen LogP) is 3.30. The number of ether oxygens (including phenoxy) is 2. The fourth-order valence-electron chi connectivity index (χ4n) is 2.36. The Bertz CT molecular complexity index is 717. The summed E-state index contributed by atoms with van der Waals surface area (Å²) in [4.78, 5) is 12.0. The average molecular weight is 284 g/mol. The van der Waals surface area contributed by atoms with E-state index >= 15 is 0 Å². The third kappa shape index (κ3) is 2.40. The molecule has 0 N–H and O–H groups in total. The number of hydrogen-bond donors (Lipinski definition) is 0. The van der Waals surface area contributed by atoms with E-state index in [1.165, 1.54) is 6.07 Å². The zero-order chi connectivity index (χ0) is 14.8. The first-order valence-electron chi connectivity index (χ1n) is 6.50. The van der Waals surface area contributed by atoms with Crippen molar-refractivity contribution in [2.45, 2.75) is 0 Å². The zero-order valence-electron chi connectivity index (χ0n) is 11.4. The Morgan fingerprint density at radius 1 is 1.10 bits per heavy atom. The van der Waals surface area contributed by atoms with Crippen molar-refractivity contribution in [3.8, 4) is 5.75 Å². The summed E-state index contributed by atoms with van der Waals surface area (Å²) in [6, 6.07) is 13.5. The molecule has 0 spiro atoms. The normalized spacial score (nSPS) is 14.3. The number of esters is 1. The van der Waals surface area contributed by atoms with Gasteiger partial charge in [0, 0.05) is 11.1 Å².